The summed E-state index contributed by atoms with van der Waals surface area (Å²) in [5, 5.41) is 2.92. The Morgan fingerprint density at radius 2 is 2.24 bits per heavy atom. The van der Waals surface area contributed by atoms with Gasteiger partial charge in [0.05, 0.1) is 12.7 Å². The summed E-state index contributed by atoms with van der Waals surface area (Å²) < 4.78 is 16.4. The number of aromatic nitrogens is 2. The predicted octanol–water partition coefficient (Wildman–Crippen LogP) is 1.57. The Hall–Kier alpha value is -3.03. The molecule has 0 spiro atoms. The van der Waals surface area contributed by atoms with Crippen molar-refractivity contribution in [2.45, 2.75) is 19.1 Å². The normalized spacial score (nSPS) is 18.2. The van der Waals surface area contributed by atoms with Crippen molar-refractivity contribution in [2.75, 3.05) is 19.9 Å². The van der Waals surface area contributed by atoms with Gasteiger partial charge in [0, 0.05) is 31.9 Å². The quantitative estimate of drug-likeness (QED) is 0.908. The second-order valence-electron chi connectivity index (χ2n) is 5.86. The Morgan fingerprint density at radius 1 is 1.32 bits per heavy atom. The summed E-state index contributed by atoms with van der Waals surface area (Å²) in [6, 6.07) is 5.54. The minimum absolute atomic E-state index is 0.0620. The number of hydrogen-bond donors (Lipinski definition) is 1. The smallest absolute Gasteiger partial charge is 0.317 e. The van der Waals surface area contributed by atoms with Gasteiger partial charge in [-0.25, -0.2) is 9.78 Å². The highest BCUT2D eigenvalue weighted by atomic mass is 16.7. The van der Waals surface area contributed by atoms with Gasteiger partial charge in [-0.1, -0.05) is 6.07 Å². The summed E-state index contributed by atoms with van der Waals surface area (Å²) >= 11 is 0. The van der Waals surface area contributed by atoms with Crippen LogP contribution in [-0.4, -0.2) is 46.9 Å². The highest BCUT2D eigenvalue weighted by molar-refractivity contribution is 5.74. The molecule has 0 unspecified atom stereocenters. The van der Waals surface area contributed by atoms with E-state index in [4.69, 9.17) is 14.2 Å². The minimum atomic E-state index is -0.108. The maximum atomic E-state index is 12.3. The number of fused-ring (bicyclic) bond motifs is 1. The zero-order chi connectivity index (χ0) is 17.1. The fraction of sp³-hybridized carbons (Fsp3) is 0.353. The van der Waals surface area contributed by atoms with Crippen molar-refractivity contribution in [1.29, 1.82) is 0 Å². The summed E-state index contributed by atoms with van der Waals surface area (Å²) in [6.07, 6.45) is 5.46. The highest BCUT2D eigenvalue weighted by Gasteiger charge is 2.27. The first-order chi connectivity index (χ1) is 12.3. The number of hydrogen-bond acceptors (Lipinski definition) is 6. The molecule has 1 atom stereocenters. The Kier molecular flexibility index (Phi) is 4.24. The Balaban J connectivity index is 1.27. The largest absolute Gasteiger partial charge is 0.471 e. The maximum absolute atomic E-state index is 12.3. The molecule has 8 heteroatoms. The van der Waals surface area contributed by atoms with Gasteiger partial charge in [-0.15, -0.1) is 0 Å². The topological polar surface area (TPSA) is 85.8 Å². The van der Waals surface area contributed by atoms with E-state index in [-0.39, 0.29) is 18.9 Å². The van der Waals surface area contributed by atoms with Crippen LogP contribution in [0.15, 0.2) is 36.8 Å². The van der Waals surface area contributed by atoms with Crippen LogP contribution in [0.3, 0.4) is 0 Å². The molecule has 2 aliphatic heterocycles. The van der Waals surface area contributed by atoms with Gasteiger partial charge in [-0.05, 0) is 17.7 Å². The zero-order valence-electron chi connectivity index (χ0n) is 13.6. The van der Waals surface area contributed by atoms with Crippen molar-refractivity contribution in [3.05, 3.63) is 42.4 Å². The number of nitrogens with one attached hydrogen (secondary N) is 1. The van der Waals surface area contributed by atoms with E-state index in [9.17, 15) is 4.79 Å². The van der Waals surface area contributed by atoms with Crippen LogP contribution in [-0.2, 0) is 6.54 Å². The van der Waals surface area contributed by atoms with Crippen LogP contribution >= 0.6 is 0 Å². The number of urea groups is 1. The maximum Gasteiger partial charge on any atom is 0.317 e. The summed E-state index contributed by atoms with van der Waals surface area (Å²) in [4.78, 5) is 22.1. The predicted molar refractivity (Wildman–Crippen MR) is 87.4 cm³/mol. The van der Waals surface area contributed by atoms with Gasteiger partial charge >= 0.3 is 6.03 Å². The molecule has 1 saturated heterocycles. The van der Waals surface area contributed by atoms with Crippen LogP contribution in [0.2, 0.25) is 0 Å². The standard InChI is InChI=1S/C17H18N4O4/c22-17(20-8-12-1-2-14-15(7-12)24-11-23-14)21-6-3-13(10-21)25-16-9-18-4-5-19-16/h1-2,4-5,7,9,13H,3,6,8,10-11H2,(H,20,22)/t13-/m0/s1. The first-order valence-corrected chi connectivity index (χ1v) is 8.12. The van der Waals surface area contributed by atoms with E-state index in [2.05, 4.69) is 15.3 Å². The average molecular weight is 342 g/mol. The Morgan fingerprint density at radius 3 is 3.12 bits per heavy atom. The first kappa shape index (κ1) is 15.5. The van der Waals surface area contributed by atoms with Gasteiger partial charge in [-0.2, -0.15) is 0 Å². The molecule has 1 aromatic carbocycles. The molecular formula is C17H18N4O4. The summed E-state index contributed by atoms with van der Waals surface area (Å²) in [5.41, 5.74) is 0.962. The van der Waals surface area contributed by atoms with Crippen LogP contribution in [0, 0.1) is 0 Å². The van der Waals surface area contributed by atoms with Crippen LogP contribution in [0.1, 0.15) is 12.0 Å². The molecule has 1 N–H and O–H groups in total. The molecule has 0 bridgehead atoms. The lowest BCUT2D eigenvalue weighted by atomic mass is 10.2. The molecule has 0 saturated carbocycles. The molecule has 0 radical (unpaired) electrons. The monoisotopic (exact) mass is 342 g/mol. The molecule has 3 heterocycles. The van der Waals surface area contributed by atoms with Crippen molar-refractivity contribution in [3.8, 4) is 17.4 Å². The van der Waals surface area contributed by atoms with Crippen LogP contribution < -0.4 is 19.5 Å². The number of carbonyl (C=O) groups excluding carboxylic acids is 1. The third kappa shape index (κ3) is 3.57. The fourth-order valence-corrected chi connectivity index (χ4v) is 2.87. The molecule has 0 aliphatic carbocycles. The molecule has 130 valence electrons. The minimum Gasteiger partial charge on any atom is -0.471 e. The van der Waals surface area contributed by atoms with E-state index in [0.29, 0.717) is 31.3 Å². The van der Waals surface area contributed by atoms with Crippen molar-refractivity contribution in [3.63, 3.8) is 0 Å². The van der Waals surface area contributed by atoms with Crippen molar-refractivity contribution < 1.29 is 19.0 Å². The molecular weight excluding hydrogens is 324 g/mol. The second kappa shape index (κ2) is 6.84. The van der Waals surface area contributed by atoms with Gasteiger partial charge in [0.25, 0.3) is 0 Å². The van der Waals surface area contributed by atoms with E-state index >= 15 is 0 Å². The summed E-state index contributed by atoms with van der Waals surface area (Å²) in [5.74, 6) is 1.93. The Bertz CT molecular complexity index is 756. The fourth-order valence-electron chi connectivity index (χ4n) is 2.87. The number of amides is 2. The molecule has 2 aliphatic rings. The van der Waals surface area contributed by atoms with Crippen molar-refractivity contribution in [2.24, 2.45) is 0 Å². The van der Waals surface area contributed by atoms with Gasteiger partial charge in [-0.3, -0.25) is 4.98 Å². The number of rotatable bonds is 4. The third-order valence-electron chi connectivity index (χ3n) is 4.14. The van der Waals surface area contributed by atoms with Crippen molar-refractivity contribution >= 4 is 6.03 Å². The van der Waals surface area contributed by atoms with Gasteiger partial charge in [0.2, 0.25) is 12.7 Å². The van der Waals surface area contributed by atoms with Crippen LogP contribution in [0.4, 0.5) is 4.79 Å². The number of nitrogens with zero attached hydrogens (tertiary/aromatic N) is 3. The number of carbonyl (C=O) groups is 1. The van der Waals surface area contributed by atoms with E-state index < -0.39 is 0 Å². The SMILES string of the molecule is O=C(NCc1ccc2c(c1)OCO2)N1CC[C@H](Oc2cnccn2)C1. The van der Waals surface area contributed by atoms with Crippen LogP contribution in [0.25, 0.3) is 0 Å². The molecule has 8 nitrogen and oxygen atoms in total. The lowest BCUT2D eigenvalue weighted by molar-refractivity contribution is 0.174. The third-order valence-corrected chi connectivity index (χ3v) is 4.14. The lowest BCUT2D eigenvalue weighted by Gasteiger charge is -2.17. The van der Waals surface area contributed by atoms with Gasteiger partial charge in [0.15, 0.2) is 11.5 Å². The zero-order valence-corrected chi connectivity index (χ0v) is 13.6. The van der Waals surface area contributed by atoms with Gasteiger partial charge < -0.3 is 24.4 Å². The number of likely N-dealkylation sites (tertiary alicyclic amines) is 1. The molecule has 25 heavy (non-hydrogen) atoms. The van der Waals surface area contributed by atoms with Crippen LogP contribution in [0.5, 0.6) is 17.4 Å². The summed E-state index contributed by atoms with van der Waals surface area (Å²) in [6.45, 7) is 1.86. The van der Waals surface area contributed by atoms with Crippen molar-refractivity contribution in [1.82, 2.24) is 20.2 Å². The Labute approximate surface area is 144 Å². The molecule has 4 rings (SSSR count). The van der Waals surface area contributed by atoms with E-state index in [1.165, 1.54) is 0 Å². The average Bonchev–Trinajstić information content (AvgIpc) is 3.29. The van der Waals surface area contributed by atoms with E-state index in [1.54, 1.807) is 23.5 Å². The van der Waals surface area contributed by atoms with E-state index in [0.717, 1.165) is 17.7 Å². The first-order valence-electron chi connectivity index (χ1n) is 8.12. The highest BCUT2D eigenvalue weighted by Crippen LogP contribution is 2.32. The number of ether oxygens (including phenoxy) is 3. The molecule has 2 aromatic rings. The molecule has 1 aromatic heterocycles. The number of benzene rings is 1. The van der Waals surface area contributed by atoms with Gasteiger partial charge in [0.1, 0.15) is 6.10 Å². The second-order valence-corrected chi connectivity index (χ2v) is 5.86. The molecule has 2 amide bonds. The lowest BCUT2D eigenvalue weighted by Crippen LogP contribution is -2.39. The summed E-state index contributed by atoms with van der Waals surface area (Å²) in [7, 11) is 0. The van der Waals surface area contributed by atoms with E-state index in [1.807, 2.05) is 18.2 Å². The molecule has 1 fully saturated rings.